The van der Waals surface area contributed by atoms with Gasteiger partial charge in [0.1, 0.15) is 11.6 Å². The summed E-state index contributed by atoms with van der Waals surface area (Å²) in [7, 11) is 0. The Bertz CT molecular complexity index is 1550. The lowest BCUT2D eigenvalue weighted by atomic mass is 10.1. The van der Waals surface area contributed by atoms with E-state index in [-0.39, 0.29) is 28.0 Å². The van der Waals surface area contributed by atoms with Crippen molar-refractivity contribution in [1.82, 2.24) is 4.90 Å². The monoisotopic (exact) mass is 487 g/mol. The first-order valence-corrected chi connectivity index (χ1v) is 11.2. The molecule has 0 saturated carbocycles. The van der Waals surface area contributed by atoms with Crippen LogP contribution in [-0.2, 0) is 4.79 Å². The van der Waals surface area contributed by atoms with Gasteiger partial charge in [0.05, 0.1) is 16.5 Å². The number of aryl methyl sites for hydroxylation is 1. The second-order valence-electron chi connectivity index (χ2n) is 8.22. The van der Waals surface area contributed by atoms with Crippen LogP contribution in [0.15, 0.2) is 75.9 Å². The standard InChI is InChI=1S/C27H18ClNO6/c1-14-7-12-21-20(13-14)22(30)24(23(34-21)16-8-10-17(28)11-9-16)35-27(33)15(2)29-25(31)18-5-3-4-6-19(18)26(29)32/h3-13,15H,1-2H3/t15-/m0/s1. The molecule has 8 heteroatoms. The lowest BCUT2D eigenvalue weighted by Crippen LogP contribution is -2.45. The summed E-state index contributed by atoms with van der Waals surface area (Å²) >= 11 is 6.00. The Morgan fingerprint density at radius 2 is 1.57 bits per heavy atom. The number of esters is 1. The lowest BCUT2D eigenvalue weighted by molar-refractivity contribution is -0.138. The molecule has 174 valence electrons. The second-order valence-corrected chi connectivity index (χ2v) is 8.66. The van der Waals surface area contributed by atoms with Gasteiger partial charge in [-0.05, 0) is 62.4 Å². The van der Waals surface area contributed by atoms with Crippen molar-refractivity contribution >= 4 is 40.4 Å². The minimum Gasteiger partial charge on any atom is -0.452 e. The largest absolute Gasteiger partial charge is 0.452 e. The molecule has 0 unspecified atom stereocenters. The fraction of sp³-hybridized carbons (Fsp3) is 0.111. The van der Waals surface area contributed by atoms with Crippen LogP contribution >= 0.6 is 11.6 Å². The molecule has 4 aromatic rings. The van der Waals surface area contributed by atoms with E-state index < -0.39 is 29.3 Å². The van der Waals surface area contributed by atoms with Crippen LogP contribution in [0.4, 0.5) is 0 Å². The van der Waals surface area contributed by atoms with Gasteiger partial charge in [-0.2, -0.15) is 0 Å². The van der Waals surface area contributed by atoms with E-state index in [0.717, 1.165) is 10.5 Å². The molecule has 0 N–H and O–H groups in total. The number of carbonyl (C=O) groups is 3. The summed E-state index contributed by atoms with van der Waals surface area (Å²) in [5, 5.41) is 0.712. The summed E-state index contributed by atoms with van der Waals surface area (Å²) in [6, 6.07) is 16.6. The zero-order valence-electron chi connectivity index (χ0n) is 18.7. The predicted molar refractivity (Wildman–Crippen MR) is 130 cm³/mol. The average molecular weight is 488 g/mol. The molecule has 1 atom stereocenters. The average Bonchev–Trinajstić information content (AvgIpc) is 3.11. The quantitative estimate of drug-likeness (QED) is 0.296. The molecular weight excluding hydrogens is 470 g/mol. The smallest absolute Gasteiger partial charge is 0.334 e. The Hall–Kier alpha value is -4.23. The molecule has 35 heavy (non-hydrogen) atoms. The highest BCUT2D eigenvalue weighted by Gasteiger charge is 2.41. The molecule has 2 amide bonds. The molecule has 0 saturated heterocycles. The van der Waals surface area contributed by atoms with Gasteiger partial charge in [0.2, 0.25) is 11.2 Å². The van der Waals surface area contributed by atoms with E-state index in [1.807, 2.05) is 6.92 Å². The first-order chi connectivity index (χ1) is 16.8. The minimum atomic E-state index is -1.28. The molecular formula is C27H18ClNO6. The maximum absolute atomic E-state index is 13.4. The molecule has 0 spiro atoms. The molecule has 0 fully saturated rings. The van der Waals surface area contributed by atoms with Crippen LogP contribution in [0.5, 0.6) is 5.75 Å². The van der Waals surface area contributed by atoms with Crippen molar-refractivity contribution in [1.29, 1.82) is 0 Å². The first kappa shape index (κ1) is 22.6. The molecule has 0 bridgehead atoms. The van der Waals surface area contributed by atoms with Crippen LogP contribution in [0.1, 0.15) is 33.2 Å². The van der Waals surface area contributed by atoms with E-state index in [4.69, 9.17) is 20.8 Å². The van der Waals surface area contributed by atoms with Gasteiger partial charge in [0.15, 0.2) is 5.76 Å². The summed E-state index contributed by atoms with van der Waals surface area (Å²) < 4.78 is 11.5. The molecule has 1 aliphatic rings. The zero-order chi connectivity index (χ0) is 24.9. The highest BCUT2D eigenvalue weighted by Crippen LogP contribution is 2.33. The van der Waals surface area contributed by atoms with Crippen LogP contribution in [0.2, 0.25) is 5.02 Å². The van der Waals surface area contributed by atoms with Crippen molar-refractivity contribution in [3.63, 3.8) is 0 Å². The number of carbonyl (C=O) groups excluding carboxylic acids is 3. The van der Waals surface area contributed by atoms with Crippen molar-refractivity contribution in [2.24, 2.45) is 0 Å². The second kappa shape index (κ2) is 8.52. The van der Waals surface area contributed by atoms with Gasteiger partial charge in [0, 0.05) is 10.6 Å². The van der Waals surface area contributed by atoms with E-state index in [1.54, 1.807) is 54.6 Å². The summed E-state index contributed by atoms with van der Waals surface area (Å²) in [5.41, 5.74) is 1.46. The zero-order valence-corrected chi connectivity index (χ0v) is 19.5. The third kappa shape index (κ3) is 3.80. The molecule has 0 aliphatic carbocycles. The molecule has 1 aromatic heterocycles. The number of imide groups is 1. The van der Waals surface area contributed by atoms with Crippen molar-refractivity contribution < 1.29 is 23.5 Å². The van der Waals surface area contributed by atoms with E-state index in [9.17, 15) is 19.2 Å². The summed E-state index contributed by atoms with van der Waals surface area (Å²) in [6.07, 6.45) is 0. The SMILES string of the molecule is Cc1ccc2oc(-c3ccc(Cl)cc3)c(OC(=O)[C@H](C)N3C(=O)c4ccccc4C3=O)c(=O)c2c1. The van der Waals surface area contributed by atoms with Crippen molar-refractivity contribution in [2.45, 2.75) is 19.9 Å². The van der Waals surface area contributed by atoms with Gasteiger partial charge in [0.25, 0.3) is 11.8 Å². The number of hydrogen-bond donors (Lipinski definition) is 0. The number of fused-ring (bicyclic) bond motifs is 2. The Balaban J connectivity index is 1.57. The summed E-state index contributed by atoms with van der Waals surface area (Å²) in [5.74, 6) is -2.46. The highest BCUT2D eigenvalue weighted by atomic mass is 35.5. The molecule has 3 aromatic carbocycles. The fourth-order valence-electron chi connectivity index (χ4n) is 4.03. The molecule has 0 radical (unpaired) electrons. The number of hydrogen-bond acceptors (Lipinski definition) is 6. The van der Waals surface area contributed by atoms with Crippen LogP contribution < -0.4 is 10.2 Å². The Kier molecular flexibility index (Phi) is 5.49. The number of benzene rings is 3. The third-order valence-corrected chi connectivity index (χ3v) is 6.12. The number of nitrogens with zero attached hydrogens (tertiary/aromatic N) is 1. The molecule has 2 heterocycles. The van der Waals surface area contributed by atoms with E-state index in [2.05, 4.69) is 0 Å². The predicted octanol–water partition coefficient (Wildman–Crippen LogP) is 5.01. The van der Waals surface area contributed by atoms with Gasteiger partial charge >= 0.3 is 5.97 Å². The van der Waals surface area contributed by atoms with Crippen LogP contribution in [-0.4, -0.2) is 28.7 Å². The van der Waals surface area contributed by atoms with Crippen molar-refractivity contribution in [3.05, 3.63) is 98.7 Å². The van der Waals surface area contributed by atoms with Gasteiger partial charge in [-0.15, -0.1) is 0 Å². The normalized spacial score (nSPS) is 13.7. The lowest BCUT2D eigenvalue weighted by Gasteiger charge is -2.21. The summed E-state index contributed by atoms with van der Waals surface area (Å²) in [4.78, 5) is 53.0. The number of halogens is 1. The maximum Gasteiger partial charge on any atom is 0.334 e. The van der Waals surface area contributed by atoms with E-state index in [0.29, 0.717) is 16.2 Å². The Labute approximate surface area is 204 Å². The molecule has 5 rings (SSSR count). The van der Waals surface area contributed by atoms with Gasteiger partial charge in [-0.3, -0.25) is 19.3 Å². The minimum absolute atomic E-state index is 0.0333. The fourth-order valence-corrected chi connectivity index (χ4v) is 4.15. The molecule has 7 nitrogen and oxygen atoms in total. The number of amides is 2. The van der Waals surface area contributed by atoms with E-state index >= 15 is 0 Å². The van der Waals surface area contributed by atoms with Crippen LogP contribution in [0, 0.1) is 6.92 Å². The first-order valence-electron chi connectivity index (χ1n) is 10.8. The Morgan fingerprint density at radius 1 is 0.943 bits per heavy atom. The highest BCUT2D eigenvalue weighted by molar-refractivity contribution is 6.30. The molecule has 1 aliphatic heterocycles. The van der Waals surface area contributed by atoms with Crippen LogP contribution in [0.3, 0.4) is 0 Å². The third-order valence-electron chi connectivity index (χ3n) is 5.87. The van der Waals surface area contributed by atoms with Gasteiger partial charge in [-0.25, -0.2) is 4.79 Å². The van der Waals surface area contributed by atoms with E-state index in [1.165, 1.54) is 19.1 Å². The number of rotatable bonds is 4. The summed E-state index contributed by atoms with van der Waals surface area (Å²) in [6.45, 7) is 3.20. The van der Waals surface area contributed by atoms with Crippen LogP contribution in [0.25, 0.3) is 22.3 Å². The van der Waals surface area contributed by atoms with Gasteiger partial charge in [-0.1, -0.05) is 35.4 Å². The maximum atomic E-state index is 13.4. The van der Waals surface area contributed by atoms with Gasteiger partial charge < -0.3 is 9.15 Å². The topological polar surface area (TPSA) is 93.9 Å². The van der Waals surface area contributed by atoms with Crippen molar-refractivity contribution in [2.75, 3.05) is 0 Å². The Morgan fingerprint density at radius 3 is 2.20 bits per heavy atom. The van der Waals surface area contributed by atoms with Crippen molar-refractivity contribution in [3.8, 4) is 17.1 Å². The number of ether oxygens (including phenoxy) is 1.